The topological polar surface area (TPSA) is 55.1 Å². The molecule has 5 atom stereocenters. The minimum atomic E-state index is -0.887. The minimum Gasteiger partial charge on any atom is -0.481 e. The summed E-state index contributed by atoms with van der Waals surface area (Å²) in [5.74, 6) is -1.67. The van der Waals surface area contributed by atoms with Crippen molar-refractivity contribution in [2.45, 2.75) is 25.8 Å². The van der Waals surface area contributed by atoms with E-state index in [-0.39, 0.29) is 17.9 Å². The van der Waals surface area contributed by atoms with Gasteiger partial charge >= 0.3 is 5.97 Å². The van der Waals surface area contributed by atoms with Gasteiger partial charge in [-0.05, 0) is 30.6 Å². The summed E-state index contributed by atoms with van der Waals surface area (Å²) in [4.78, 5) is 15.2. The summed E-state index contributed by atoms with van der Waals surface area (Å²) in [5.41, 5.74) is 1.06. The smallest absolute Gasteiger partial charge is 0.306 e. The van der Waals surface area contributed by atoms with Crippen molar-refractivity contribution in [1.82, 2.24) is 9.55 Å². The fourth-order valence-electron chi connectivity index (χ4n) is 4.31. The Morgan fingerprint density at radius 2 is 1.95 bits per heavy atom. The van der Waals surface area contributed by atoms with Crippen molar-refractivity contribution in [3.63, 3.8) is 0 Å². The SMILES string of the molecule is CC(C(=O)O)[C@H]1[C@@H]2C[C@H](n3cnc4cc(F)c(F)cc43)C[C@@H]21. The second-order valence-corrected chi connectivity index (χ2v) is 6.56. The van der Waals surface area contributed by atoms with Crippen molar-refractivity contribution in [2.75, 3.05) is 0 Å². The molecule has 1 aromatic heterocycles. The average Bonchev–Trinajstić information content (AvgIpc) is 2.84. The molecule has 22 heavy (non-hydrogen) atoms. The molecule has 1 aromatic carbocycles. The van der Waals surface area contributed by atoms with Gasteiger partial charge in [0.05, 0.1) is 23.3 Å². The average molecular weight is 306 g/mol. The number of hydrogen-bond acceptors (Lipinski definition) is 2. The molecule has 0 spiro atoms. The lowest BCUT2D eigenvalue weighted by Crippen LogP contribution is -2.17. The Morgan fingerprint density at radius 3 is 2.59 bits per heavy atom. The van der Waals surface area contributed by atoms with Crippen LogP contribution >= 0.6 is 0 Å². The summed E-state index contributed by atoms with van der Waals surface area (Å²) >= 11 is 0. The third-order valence-electron chi connectivity index (χ3n) is 5.46. The molecule has 0 amide bonds. The van der Waals surface area contributed by atoms with Gasteiger partial charge in [0.1, 0.15) is 0 Å². The van der Waals surface area contributed by atoms with Crippen LogP contribution in [0.25, 0.3) is 11.0 Å². The van der Waals surface area contributed by atoms with Crippen molar-refractivity contribution in [3.8, 4) is 0 Å². The number of carboxylic acid groups (broad SMARTS) is 1. The van der Waals surface area contributed by atoms with E-state index in [1.165, 1.54) is 6.07 Å². The van der Waals surface area contributed by atoms with Crippen LogP contribution in [-0.2, 0) is 4.79 Å². The van der Waals surface area contributed by atoms with Crippen LogP contribution in [0.4, 0.5) is 8.78 Å². The highest BCUT2D eigenvalue weighted by atomic mass is 19.2. The standard InChI is InChI=1S/C16H16F2N2O2/c1-7(16(21)22)15-9-2-8(3-10(9)15)20-6-19-13-4-11(17)12(18)5-14(13)20/h4-10,15H,2-3H2,1H3,(H,21,22)/t7?,8-,9+,10-,15-. The molecular formula is C16H16F2N2O2. The van der Waals surface area contributed by atoms with Crippen LogP contribution in [0.1, 0.15) is 25.8 Å². The maximum Gasteiger partial charge on any atom is 0.306 e. The van der Waals surface area contributed by atoms with Gasteiger partial charge in [0.25, 0.3) is 0 Å². The van der Waals surface area contributed by atoms with Gasteiger partial charge in [-0.15, -0.1) is 0 Å². The summed E-state index contributed by atoms with van der Waals surface area (Å²) in [5, 5.41) is 9.10. The molecule has 0 bridgehead atoms. The summed E-state index contributed by atoms with van der Waals surface area (Å²) in [6.07, 6.45) is 3.41. The predicted octanol–water partition coefficient (Wildman–Crippen LogP) is 3.23. The van der Waals surface area contributed by atoms with Crippen molar-refractivity contribution >= 4 is 17.0 Å². The molecule has 6 heteroatoms. The number of hydrogen-bond donors (Lipinski definition) is 1. The van der Waals surface area contributed by atoms with Crippen LogP contribution in [0, 0.1) is 35.3 Å². The van der Waals surface area contributed by atoms with E-state index >= 15 is 0 Å². The number of carboxylic acids is 1. The second kappa shape index (κ2) is 4.51. The zero-order valence-corrected chi connectivity index (χ0v) is 12.0. The highest BCUT2D eigenvalue weighted by molar-refractivity contribution is 5.75. The van der Waals surface area contributed by atoms with Crippen LogP contribution in [-0.4, -0.2) is 20.6 Å². The molecule has 116 valence electrons. The number of aromatic nitrogens is 2. The molecule has 2 aliphatic rings. The molecule has 1 unspecified atom stereocenters. The first-order chi connectivity index (χ1) is 10.5. The van der Waals surface area contributed by atoms with Crippen LogP contribution in [0.3, 0.4) is 0 Å². The minimum absolute atomic E-state index is 0.196. The Morgan fingerprint density at radius 1 is 1.32 bits per heavy atom. The van der Waals surface area contributed by atoms with E-state index in [9.17, 15) is 13.6 Å². The molecule has 2 saturated carbocycles. The normalized spacial score (nSPS) is 31.2. The van der Waals surface area contributed by atoms with Gasteiger partial charge in [0, 0.05) is 18.2 Å². The molecule has 0 aliphatic heterocycles. The van der Waals surface area contributed by atoms with Gasteiger partial charge in [-0.2, -0.15) is 0 Å². The molecule has 2 aliphatic carbocycles. The lowest BCUT2D eigenvalue weighted by atomic mass is 9.97. The zero-order valence-electron chi connectivity index (χ0n) is 12.0. The molecule has 0 radical (unpaired) electrons. The molecule has 2 fully saturated rings. The number of aliphatic carboxylic acids is 1. The fraction of sp³-hybridized carbons (Fsp3) is 0.500. The van der Waals surface area contributed by atoms with E-state index in [1.807, 2.05) is 4.57 Å². The van der Waals surface area contributed by atoms with E-state index < -0.39 is 17.6 Å². The van der Waals surface area contributed by atoms with Crippen molar-refractivity contribution < 1.29 is 18.7 Å². The summed E-state index contributed by atoms with van der Waals surface area (Å²) in [6.45, 7) is 1.77. The molecule has 1 N–H and O–H groups in total. The summed E-state index contributed by atoms with van der Waals surface area (Å²) in [6, 6.07) is 2.51. The van der Waals surface area contributed by atoms with Gasteiger partial charge < -0.3 is 9.67 Å². The van der Waals surface area contributed by atoms with E-state index in [4.69, 9.17) is 5.11 Å². The number of carbonyl (C=O) groups is 1. The first-order valence-electron chi connectivity index (χ1n) is 7.51. The van der Waals surface area contributed by atoms with Crippen LogP contribution < -0.4 is 0 Å². The number of halogens is 2. The fourth-order valence-corrected chi connectivity index (χ4v) is 4.31. The van der Waals surface area contributed by atoms with Crippen molar-refractivity contribution in [2.24, 2.45) is 23.7 Å². The van der Waals surface area contributed by atoms with Gasteiger partial charge in [-0.1, -0.05) is 6.92 Å². The quantitative estimate of drug-likeness (QED) is 0.947. The third kappa shape index (κ3) is 1.86. The number of imidazole rings is 1. The zero-order chi connectivity index (χ0) is 15.6. The van der Waals surface area contributed by atoms with E-state index in [0.29, 0.717) is 22.9 Å². The van der Waals surface area contributed by atoms with E-state index in [0.717, 1.165) is 18.9 Å². The number of benzene rings is 1. The lowest BCUT2D eigenvalue weighted by molar-refractivity contribution is -0.142. The number of nitrogens with zero attached hydrogens (tertiary/aromatic N) is 2. The summed E-state index contributed by atoms with van der Waals surface area (Å²) < 4.78 is 28.6. The van der Waals surface area contributed by atoms with Crippen LogP contribution in [0.5, 0.6) is 0 Å². The van der Waals surface area contributed by atoms with Gasteiger partial charge in [0.15, 0.2) is 11.6 Å². The second-order valence-electron chi connectivity index (χ2n) is 6.56. The Bertz CT molecular complexity index is 761. The van der Waals surface area contributed by atoms with Gasteiger partial charge in [0.2, 0.25) is 0 Å². The van der Waals surface area contributed by atoms with Crippen molar-refractivity contribution in [1.29, 1.82) is 0 Å². The molecular weight excluding hydrogens is 290 g/mol. The molecule has 1 heterocycles. The number of rotatable bonds is 3. The Labute approximate surface area is 125 Å². The van der Waals surface area contributed by atoms with Gasteiger partial charge in [-0.3, -0.25) is 4.79 Å². The largest absolute Gasteiger partial charge is 0.481 e. The highest BCUT2D eigenvalue weighted by Gasteiger charge is 2.59. The monoisotopic (exact) mass is 306 g/mol. The maximum atomic E-state index is 13.5. The highest BCUT2D eigenvalue weighted by Crippen LogP contribution is 2.63. The Balaban J connectivity index is 1.57. The lowest BCUT2D eigenvalue weighted by Gasteiger charge is -2.18. The molecule has 0 saturated heterocycles. The summed E-state index contributed by atoms with van der Waals surface area (Å²) in [7, 11) is 0. The van der Waals surface area contributed by atoms with Gasteiger partial charge in [-0.25, -0.2) is 13.8 Å². The maximum absolute atomic E-state index is 13.5. The number of fused-ring (bicyclic) bond motifs is 2. The predicted molar refractivity (Wildman–Crippen MR) is 75.2 cm³/mol. The van der Waals surface area contributed by atoms with E-state index in [2.05, 4.69) is 4.98 Å². The molecule has 4 nitrogen and oxygen atoms in total. The first kappa shape index (κ1) is 13.7. The Hall–Kier alpha value is -1.98. The van der Waals surface area contributed by atoms with E-state index in [1.54, 1.807) is 13.3 Å². The van der Waals surface area contributed by atoms with Crippen molar-refractivity contribution in [3.05, 3.63) is 30.1 Å². The Kier molecular flexibility index (Phi) is 2.80. The first-order valence-corrected chi connectivity index (χ1v) is 7.51. The molecule has 2 aromatic rings. The van der Waals surface area contributed by atoms with Crippen LogP contribution in [0.2, 0.25) is 0 Å². The van der Waals surface area contributed by atoms with Crippen LogP contribution in [0.15, 0.2) is 18.5 Å². The molecule has 4 rings (SSSR count). The third-order valence-corrected chi connectivity index (χ3v) is 5.46.